The summed E-state index contributed by atoms with van der Waals surface area (Å²) in [5.74, 6) is -2.16. The molecule has 8 heteroatoms. The fourth-order valence-corrected chi connectivity index (χ4v) is 2.79. The van der Waals surface area contributed by atoms with Gasteiger partial charge < -0.3 is 14.7 Å². The van der Waals surface area contributed by atoms with Gasteiger partial charge in [-0.1, -0.05) is 11.2 Å². The van der Waals surface area contributed by atoms with Gasteiger partial charge in [-0.2, -0.15) is 0 Å². The van der Waals surface area contributed by atoms with Gasteiger partial charge in [-0.25, -0.2) is 8.78 Å². The maximum atomic E-state index is 13.8. The van der Waals surface area contributed by atoms with Crippen LogP contribution in [0.2, 0.25) is 0 Å². The van der Waals surface area contributed by atoms with Crippen LogP contribution in [-0.4, -0.2) is 34.5 Å². The van der Waals surface area contributed by atoms with Gasteiger partial charge in [0, 0.05) is 30.8 Å². The Morgan fingerprint density at radius 2 is 2.20 bits per heavy atom. The molecule has 0 spiro atoms. The molecule has 2 amide bonds. The topological polar surface area (TPSA) is 75.4 Å². The van der Waals surface area contributed by atoms with Crippen LogP contribution in [0, 0.1) is 18.6 Å². The number of aromatic nitrogens is 1. The van der Waals surface area contributed by atoms with Crippen LogP contribution >= 0.6 is 0 Å². The summed E-state index contributed by atoms with van der Waals surface area (Å²) >= 11 is 0. The van der Waals surface area contributed by atoms with Crippen LogP contribution in [0.4, 0.5) is 8.78 Å². The summed E-state index contributed by atoms with van der Waals surface area (Å²) in [6.45, 7) is 2.16. The van der Waals surface area contributed by atoms with Crippen molar-refractivity contribution in [3.05, 3.63) is 52.9 Å². The van der Waals surface area contributed by atoms with Gasteiger partial charge in [0.25, 0.3) is 5.91 Å². The third-order valence-electron chi connectivity index (χ3n) is 4.06. The number of benzene rings is 1. The lowest BCUT2D eigenvalue weighted by molar-refractivity contribution is -0.136. The lowest BCUT2D eigenvalue weighted by Gasteiger charge is -2.32. The quantitative estimate of drug-likeness (QED) is 0.918. The Bertz CT molecular complexity index is 806. The highest BCUT2D eigenvalue weighted by atomic mass is 19.1. The molecule has 0 bridgehead atoms. The highest BCUT2D eigenvalue weighted by Crippen LogP contribution is 2.18. The van der Waals surface area contributed by atoms with Gasteiger partial charge in [-0.15, -0.1) is 0 Å². The SMILES string of the molecule is Cc1cc(C(=O)N[C@@H]2CCCN(Cc3ccc(F)cc3F)C2=O)on1. The lowest BCUT2D eigenvalue weighted by Crippen LogP contribution is -2.51. The minimum atomic E-state index is -0.713. The molecule has 1 aromatic carbocycles. The minimum Gasteiger partial charge on any atom is -0.351 e. The number of aryl methyl sites for hydroxylation is 1. The van der Waals surface area contributed by atoms with Crippen molar-refractivity contribution in [3.8, 4) is 0 Å². The van der Waals surface area contributed by atoms with E-state index < -0.39 is 23.6 Å². The highest BCUT2D eigenvalue weighted by molar-refractivity contribution is 5.95. The average molecular weight is 349 g/mol. The Labute approximate surface area is 142 Å². The molecule has 0 aliphatic carbocycles. The summed E-state index contributed by atoms with van der Waals surface area (Å²) in [5.41, 5.74) is 0.793. The van der Waals surface area contributed by atoms with Gasteiger partial charge in [0.15, 0.2) is 0 Å². The van der Waals surface area contributed by atoms with E-state index >= 15 is 0 Å². The maximum absolute atomic E-state index is 13.8. The van der Waals surface area contributed by atoms with E-state index in [1.54, 1.807) is 6.92 Å². The van der Waals surface area contributed by atoms with Crippen molar-refractivity contribution in [3.63, 3.8) is 0 Å². The van der Waals surface area contributed by atoms with Crippen LogP contribution in [0.5, 0.6) is 0 Å². The smallest absolute Gasteiger partial charge is 0.290 e. The van der Waals surface area contributed by atoms with Gasteiger partial charge in [0.2, 0.25) is 11.7 Å². The summed E-state index contributed by atoms with van der Waals surface area (Å²) < 4.78 is 31.7. The summed E-state index contributed by atoms with van der Waals surface area (Å²) in [4.78, 5) is 26.1. The molecular formula is C17H17F2N3O3. The first-order valence-corrected chi connectivity index (χ1v) is 7.91. The molecule has 0 saturated carbocycles. The van der Waals surface area contributed by atoms with Crippen molar-refractivity contribution in [2.24, 2.45) is 0 Å². The number of rotatable bonds is 4. The van der Waals surface area contributed by atoms with E-state index in [0.29, 0.717) is 25.1 Å². The molecule has 1 aromatic heterocycles. The molecule has 1 atom stereocenters. The van der Waals surface area contributed by atoms with E-state index in [-0.39, 0.29) is 23.8 Å². The first kappa shape index (κ1) is 17.1. The molecule has 1 N–H and O–H groups in total. The molecule has 1 fully saturated rings. The summed E-state index contributed by atoms with van der Waals surface area (Å²) in [6.07, 6.45) is 1.15. The van der Waals surface area contributed by atoms with E-state index in [1.807, 2.05) is 0 Å². The molecule has 6 nitrogen and oxygen atoms in total. The summed E-state index contributed by atoms with van der Waals surface area (Å²) in [5, 5.41) is 6.25. The zero-order valence-corrected chi connectivity index (χ0v) is 13.6. The predicted octanol–water partition coefficient (Wildman–Crippen LogP) is 2.18. The number of carbonyl (C=O) groups excluding carboxylic acids is 2. The Hall–Kier alpha value is -2.77. The molecular weight excluding hydrogens is 332 g/mol. The fourth-order valence-electron chi connectivity index (χ4n) is 2.79. The molecule has 0 radical (unpaired) electrons. The standard InChI is InChI=1S/C17H17F2N3O3/c1-10-7-15(25-21-10)16(23)20-14-3-2-6-22(17(14)24)9-11-4-5-12(18)8-13(11)19/h4-5,7-8,14H,2-3,6,9H2,1H3,(H,20,23)/t14-/m1/s1. The fraction of sp³-hybridized carbons (Fsp3) is 0.353. The summed E-state index contributed by atoms with van der Waals surface area (Å²) in [7, 11) is 0. The van der Waals surface area contributed by atoms with Crippen LogP contribution < -0.4 is 5.32 Å². The zero-order valence-electron chi connectivity index (χ0n) is 13.6. The van der Waals surface area contributed by atoms with E-state index in [1.165, 1.54) is 17.0 Å². The van der Waals surface area contributed by atoms with E-state index in [9.17, 15) is 18.4 Å². The van der Waals surface area contributed by atoms with Crippen molar-refractivity contribution in [2.75, 3.05) is 6.54 Å². The Kier molecular flexibility index (Phi) is 4.78. The molecule has 1 aliphatic rings. The molecule has 2 aromatic rings. The van der Waals surface area contributed by atoms with E-state index in [4.69, 9.17) is 4.52 Å². The maximum Gasteiger partial charge on any atom is 0.290 e. The third-order valence-corrected chi connectivity index (χ3v) is 4.06. The monoisotopic (exact) mass is 349 g/mol. The number of nitrogens with one attached hydrogen (secondary N) is 1. The van der Waals surface area contributed by atoms with Crippen molar-refractivity contribution in [1.82, 2.24) is 15.4 Å². The van der Waals surface area contributed by atoms with Crippen molar-refractivity contribution in [1.29, 1.82) is 0 Å². The van der Waals surface area contributed by atoms with Gasteiger partial charge >= 0.3 is 0 Å². The van der Waals surface area contributed by atoms with Gasteiger partial charge in [-0.05, 0) is 25.8 Å². The second-order valence-electron chi connectivity index (χ2n) is 6.00. The van der Waals surface area contributed by atoms with Crippen molar-refractivity contribution in [2.45, 2.75) is 32.4 Å². The Balaban J connectivity index is 1.67. The number of carbonyl (C=O) groups is 2. The minimum absolute atomic E-state index is 0.0265. The second kappa shape index (κ2) is 7.00. The highest BCUT2D eigenvalue weighted by Gasteiger charge is 2.31. The summed E-state index contributed by atoms with van der Waals surface area (Å²) in [6, 6.07) is 4.02. The average Bonchev–Trinajstić information content (AvgIpc) is 3.00. The number of hydrogen-bond acceptors (Lipinski definition) is 4. The molecule has 1 aliphatic heterocycles. The molecule has 1 saturated heterocycles. The van der Waals surface area contributed by atoms with Crippen LogP contribution in [-0.2, 0) is 11.3 Å². The number of halogens is 2. The van der Waals surface area contributed by atoms with Crippen LogP contribution in [0.15, 0.2) is 28.8 Å². The van der Waals surface area contributed by atoms with Crippen molar-refractivity contribution < 1.29 is 22.9 Å². The predicted molar refractivity (Wildman–Crippen MR) is 83.5 cm³/mol. The number of likely N-dealkylation sites (tertiary alicyclic amines) is 1. The Morgan fingerprint density at radius 3 is 2.88 bits per heavy atom. The van der Waals surface area contributed by atoms with Gasteiger partial charge in [-0.3, -0.25) is 9.59 Å². The Morgan fingerprint density at radius 1 is 1.40 bits per heavy atom. The van der Waals surface area contributed by atoms with Crippen LogP contribution in [0.25, 0.3) is 0 Å². The van der Waals surface area contributed by atoms with Crippen LogP contribution in [0.1, 0.15) is 34.7 Å². The number of piperidine rings is 1. The first-order valence-electron chi connectivity index (χ1n) is 7.91. The lowest BCUT2D eigenvalue weighted by atomic mass is 10.0. The molecule has 132 valence electrons. The molecule has 25 heavy (non-hydrogen) atoms. The number of amides is 2. The van der Waals surface area contributed by atoms with Gasteiger partial charge in [0.05, 0.1) is 5.69 Å². The molecule has 3 rings (SSSR count). The number of nitrogens with zero attached hydrogens (tertiary/aromatic N) is 2. The molecule has 0 unspecified atom stereocenters. The molecule has 2 heterocycles. The largest absolute Gasteiger partial charge is 0.351 e. The second-order valence-corrected chi connectivity index (χ2v) is 6.00. The number of hydrogen-bond donors (Lipinski definition) is 1. The van der Waals surface area contributed by atoms with E-state index in [2.05, 4.69) is 10.5 Å². The third kappa shape index (κ3) is 3.84. The van der Waals surface area contributed by atoms with Crippen LogP contribution in [0.3, 0.4) is 0 Å². The van der Waals surface area contributed by atoms with Gasteiger partial charge in [0.1, 0.15) is 17.7 Å². The normalized spacial score (nSPS) is 17.6. The first-order chi connectivity index (χ1) is 11.9. The zero-order chi connectivity index (χ0) is 18.0. The van der Waals surface area contributed by atoms with E-state index in [0.717, 1.165) is 12.1 Å². The van der Waals surface area contributed by atoms with Crippen molar-refractivity contribution >= 4 is 11.8 Å².